The van der Waals surface area contributed by atoms with Crippen LogP contribution in [0.5, 0.6) is 5.75 Å². The van der Waals surface area contributed by atoms with Crippen LogP contribution in [-0.2, 0) is 44.8 Å². The summed E-state index contributed by atoms with van der Waals surface area (Å²) in [4.78, 5) is 104. The molecule has 0 bridgehead atoms. The molecular weight excluding hydrogens is 869 g/mol. The van der Waals surface area contributed by atoms with Gasteiger partial charge >= 0.3 is 11.9 Å². The molecule has 0 aliphatic heterocycles. The third kappa shape index (κ3) is 25.4. The maximum atomic E-state index is 13.9. The number of carbonyl (C=O) groups excluding carboxylic acids is 6. The number of carboxylic acids is 2. The van der Waals surface area contributed by atoms with E-state index >= 15 is 0 Å². The largest absolute Gasteiger partial charge is 0.508 e. The molecule has 67 heavy (non-hydrogen) atoms. The maximum absolute atomic E-state index is 13.9. The van der Waals surface area contributed by atoms with Crippen molar-refractivity contribution in [3.05, 3.63) is 29.8 Å². The monoisotopic (exact) mass is 949 g/mol. The second-order valence-corrected chi connectivity index (χ2v) is 18.2. The van der Waals surface area contributed by atoms with Crippen LogP contribution in [-0.4, -0.2) is 122 Å². The minimum atomic E-state index is -1.70. The summed E-state index contributed by atoms with van der Waals surface area (Å²) in [7, 11) is 0. The summed E-state index contributed by atoms with van der Waals surface area (Å²) in [6, 6.07) is -3.36. The van der Waals surface area contributed by atoms with E-state index in [1.807, 2.05) is 0 Å². The van der Waals surface area contributed by atoms with E-state index in [4.69, 9.17) is 0 Å². The summed E-state index contributed by atoms with van der Waals surface area (Å²) in [6.45, 7) is 9.21. The van der Waals surface area contributed by atoms with E-state index in [1.54, 1.807) is 27.7 Å². The van der Waals surface area contributed by atoms with Crippen LogP contribution in [0.1, 0.15) is 156 Å². The van der Waals surface area contributed by atoms with Crippen molar-refractivity contribution in [1.29, 1.82) is 0 Å². The highest BCUT2D eigenvalue weighted by molar-refractivity contribution is 5.97. The Balaban J connectivity index is 3.04. The van der Waals surface area contributed by atoms with E-state index in [0.717, 1.165) is 25.7 Å². The van der Waals surface area contributed by atoms with Crippen molar-refractivity contribution >= 4 is 47.4 Å². The molecule has 6 amide bonds. The van der Waals surface area contributed by atoms with Crippen molar-refractivity contribution < 1.29 is 63.9 Å². The summed E-state index contributed by atoms with van der Waals surface area (Å²) in [5.41, 5.74) is 0.406. The van der Waals surface area contributed by atoms with Gasteiger partial charge in [-0.05, 0) is 55.7 Å². The molecule has 0 heterocycles. The van der Waals surface area contributed by atoms with Crippen molar-refractivity contribution in [2.24, 2.45) is 11.8 Å². The molecule has 0 saturated heterocycles. The quantitative estimate of drug-likeness (QED) is 0.0431. The molecule has 380 valence electrons. The van der Waals surface area contributed by atoms with Gasteiger partial charge in [0.05, 0.1) is 12.7 Å². The van der Waals surface area contributed by atoms with Crippen LogP contribution in [0.4, 0.5) is 0 Å². The number of benzene rings is 1. The maximum Gasteiger partial charge on any atom is 0.326 e. The first-order valence-corrected chi connectivity index (χ1v) is 24.0. The zero-order chi connectivity index (χ0) is 50.5. The molecule has 19 nitrogen and oxygen atoms in total. The summed E-state index contributed by atoms with van der Waals surface area (Å²) < 4.78 is 0. The number of aliphatic hydroxyl groups is 2. The third-order valence-corrected chi connectivity index (χ3v) is 11.3. The van der Waals surface area contributed by atoms with Crippen LogP contribution in [0, 0.1) is 11.8 Å². The number of unbranched alkanes of at least 4 members (excludes halogenated alkanes) is 12. The number of hydrogen-bond acceptors (Lipinski definition) is 11. The summed E-state index contributed by atoms with van der Waals surface area (Å²) in [5, 5.41) is 64.2. The predicted molar refractivity (Wildman–Crippen MR) is 251 cm³/mol. The molecule has 0 aromatic heterocycles. The lowest BCUT2D eigenvalue weighted by Gasteiger charge is -2.28. The van der Waals surface area contributed by atoms with Gasteiger partial charge in [-0.15, -0.1) is 0 Å². The standard InChI is InChI=1S/C48H80N6O13/c1-7-8-9-10-11-12-13-14-15-16-17-18-19-20-39(58)53-42(32(6)56)47(65)54-41(31(4)5)46(64)52-38(29-55)45(63)50-36(28-33-21-23-34(57)24-22-33)44(62)49-35(25-26-40(59)60)43(61)51-37(48(66)67)27-30(2)3/h21-24,30-32,35-38,41-42,55-57H,7-20,25-29H2,1-6H3,(H,49,62)(H,50,63)(H,51,61)(H,52,64)(H,53,58)(H,54,65)(H,59,60)(H,66,67)/t32-,35+,36+,37+,38+,41+,42+/m1/s1. The van der Waals surface area contributed by atoms with Crippen molar-refractivity contribution in [3.63, 3.8) is 0 Å². The minimum Gasteiger partial charge on any atom is -0.508 e. The molecule has 19 heteroatoms. The predicted octanol–water partition coefficient (Wildman–Crippen LogP) is 3.35. The normalized spacial score (nSPS) is 14.4. The fourth-order valence-corrected chi connectivity index (χ4v) is 7.31. The first kappa shape index (κ1) is 59.7. The van der Waals surface area contributed by atoms with Gasteiger partial charge in [0.1, 0.15) is 42.0 Å². The van der Waals surface area contributed by atoms with Crippen LogP contribution < -0.4 is 31.9 Å². The van der Waals surface area contributed by atoms with Crippen molar-refractivity contribution in [1.82, 2.24) is 31.9 Å². The van der Waals surface area contributed by atoms with E-state index in [0.29, 0.717) is 12.0 Å². The molecular formula is C48H80N6O13. The van der Waals surface area contributed by atoms with Crippen LogP contribution in [0.25, 0.3) is 0 Å². The molecule has 0 unspecified atom stereocenters. The number of amides is 6. The molecule has 0 fully saturated rings. The topological polar surface area (TPSA) is 310 Å². The van der Waals surface area contributed by atoms with Gasteiger partial charge in [0, 0.05) is 19.3 Å². The Morgan fingerprint density at radius 2 is 1.00 bits per heavy atom. The first-order valence-electron chi connectivity index (χ1n) is 24.0. The van der Waals surface area contributed by atoms with Crippen LogP contribution in [0.2, 0.25) is 0 Å². The number of rotatable bonds is 36. The Labute approximate surface area is 395 Å². The Bertz CT molecular complexity index is 1690. The third-order valence-electron chi connectivity index (χ3n) is 11.3. The average molecular weight is 949 g/mol. The summed E-state index contributed by atoms with van der Waals surface area (Å²) >= 11 is 0. The molecule has 11 N–H and O–H groups in total. The van der Waals surface area contributed by atoms with Gasteiger partial charge in [0.15, 0.2) is 0 Å². The van der Waals surface area contributed by atoms with E-state index in [2.05, 4.69) is 38.8 Å². The zero-order valence-electron chi connectivity index (χ0n) is 40.4. The summed E-state index contributed by atoms with van der Waals surface area (Å²) in [6.07, 6.45) is 12.3. The van der Waals surface area contributed by atoms with Gasteiger partial charge in [-0.25, -0.2) is 4.79 Å². The smallest absolute Gasteiger partial charge is 0.326 e. The van der Waals surface area contributed by atoms with Gasteiger partial charge in [-0.3, -0.25) is 33.6 Å². The number of phenolic OH excluding ortho intramolecular Hbond substituents is 1. The van der Waals surface area contributed by atoms with Crippen molar-refractivity contribution in [2.75, 3.05) is 6.61 Å². The van der Waals surface area contributed by atoms with Gasteiger partial charge in [0.2, 0.25) is 35.4 Å². The number of phenols is 1. The van der Waals surface area contributed by atoms with Crippen LogP contribution in [0.15, 0.2) is 24.3 Å². The van der Waals surface area contributed by atoms with E-state index in [1.165, 1.54) is 82.6 Å². The number of nitrogens with one attached hydrogen (secondary N) is 6. The minimum absolute atomic E-state index is 0.0348. The zero-order valence-corrected chi connectivity index (χ0v) is 40.4. The molecule has 0 spiro atoms. The second-order valence-electron chi connectivity index (χ2n) is 18.2. The van der Waals surface area contributed by atoms with Crippen molar-refractivity contribution in [3.8, 4) is 5.75 Å². The van der Waals surface area contributed by atoms with Crippen molar-refractivity contribution in [2.45, 2.75) is 199 Å². The fourth-order valence-electron chi connectivity index (χ4n) is 7.31. The SMILES string of the molecule is CCCCCCCCCCCCCCCC(=O)N[C@H](C(=O)N[C@H](C(=O)N[C@@H](CO)C(=O)N[C@@H](Cc1ccc(O)cc1)C(=O)N[C@@H](CCC(=O)O)C(=O)N[C@@H](CC(C)C)C(=O)O)C(C)C)[C@@H](C)O. The second kappa shape index (κ2) is 33.2. The molecule has 1 rings (SSSR count). The number of aliphatic carboxylic acids is 2. The number of aliphatic hydroxyl groups excluding tert-OH is 2. The Hall–Kier alpha value is -5.30. The van der Waals surface area contributed by atoms with Crippen LogP contribution >= 0.6 is 0 Å². The molecule has 1 aromatic rings. The number of hydrogen-bond donors (Lipinski definition) is 11. The fraction of sp³-hybridized carbons (Fsp3) is 0.708. The Kier molecular flexibility index (Phi) is 29.6. The average Bonchev–Trinajstić information content (AvgIpc) is 3.26. The molecule has 0 aliphatic carbocycles. The molecule has 7 atom stereocenters. The number of carbonyl (C=O) groups is 8. The highest BCUT2D eigenvalue weighted by atomic mass is 16.4. The highest BCUT2D eigenvalue weighted by Gasteiger charge is 2.35. The first-order chi connectivity index (χ1) is 31.7. The lowest BCUT2D eigenvalue weighted by Crippen LogP contribution is -2.62. The van der Waals surface area contributed by atoms with Gasteiger partial charge in [0.25, 0.3) is 0 Å². The number of aromatic hydroxyl groups is 1. The van der Waals surface area contributed by atoms with E-state index < -0.39 is 115 Å². The van der Waals surface area contributed by atoms with E-state index in [9.17, 15) is 63.9 Å². The van der Waals surface area contributed by atoms with E-state index in [-0.39, 0.29) is 30.9 Å². The lowest BCUT2D eigenvalue weighted by atomic mass is 10.0. The molecule has 0 aliphatic rings. The highest BCUT2D eigenvalue weighted by Crippen LogP contribution is 2.15. The summed E-state index contributed by atoms with van der Waals surface area (Å²) in [5.74, 6) is -8.78. The molecule has 1 aromatic carbocycles. The van der Waals surface area contributed by atoms with Gasteiger partial charge in [-0.2, -0.15) is 0 Å². The Morgan fingerprint density at radius 1 is 0.537 bits per heavy atom. The molecule has 0 saturated carbocycles. The molecule has 0 radical (unpaired) electrons. The van der Waals surface area contributed by atoms with Gasteiger partial charge < -0.3 is 57.4 Å². The van der Waals surface area contributed by atoms with Gasteiger partial charge in [-0.1, -0.05) is 124 Å². The lowest BCUT2D eigenvalue weighted by molar-refractivity contribution is -0.143. The van der Waals surface area contributed by atoms with Crippen LogP contribution in [0.3, 0.4) is 0 Å². The number of carboxylic acid groups (broad SMARTS) is 2. The Morgan fingerprint density at radius 3 is 1.48 bits per heavy atom.